The second-order valence-corrected chi connectivity index (χ2v) is 9.95. The van der Waals surface area contributed by atoms with Gasteiger partial charge in [-0.2, -0.15) is 0 Å². The average molecular weight is 476 g/mol. The van der Waals surface area contributed by atoms with Gasteiger partial charge in [0.15, 0.2) is 5.16 Å². The van der Waals surface area contributed by atoms with E-state index in [1.807, 2.05) is 31.2 Å². The van der Waals surface area contributed by atoms with E-state index < -0.39 is 10.0 Å². The van der Waals surface area contributed by atoms with Crippen molar-refractivity contribution in [2.45, 2.75) is 17.0 Å². The van der Waals surface area contributed by atoms with Crippen molar-refractivity contribution in [2.24, 2.45) is 0 Å². The summed E-state index contributed by atoms with van der Waals surface area (Å²) in [6, 6.07) is 12.1. The van der Waals surface area contributed by atoms with Crippen molar-refractivity contribution in [3.05, 3.63) is 42.5 Å². The Morgan fingerprint density at radius 3 is 2.59 bits per heavy atom. The summed E-state index contributed by atoms with van der Waals surface area (Å²) < 4.78 is 31.4. The minimum atomic E-state index is -3.74. The van der Waals surface area contributed by atoms with Gasteiger partial charge in [-0.05, 0) is 37.3 Å². The highest BCUT2D eigenvalue weighted by Gasteiger charge is 2.23. The number of sulfonamides is 1. The summed E-state index contributed by atoms with van der Waals surface area (Å²) in [5, 5.41) is 7.33. The van der Waals surface area contributed by atoms with E-state index in [2.05, 4.69) is 20.6 Å². The molecule has 0 aliphatic heterocycles. The van der Waals surface area contributed by atoms with E-state index in [1.165, 1.54) is 45.1 Å². The van der Waals surface area contributed by atoms with Crippen molar-refractivity contribution in [3.63, 3.8) is 0 Å². The molecule has 0 saturated heterocycles. The third kappa shape index (κ3) is 5.29. The van der Waals surface area contributed by atoms with Crippen LogP contribution in [0, 0.1) is 0 Å². The van der Waals surface area contributed by atoms with Crippen molar-refractivity contribution in [2.75, 3.05) is 44.1 Å². The Hall–Kier alpha value is -2.89. The second-order valence-electron chi connectivity index (χ2n) is 6.89. The topological polar surface area (TPSA) is 114 Å². The zero-order valence-corrected chi connectivity index (χ0v) is 19.9. The Morgan fingerprint density at radius 1 is 1.16 bits per heavy atom. The lowest BCUT2D eigenvalue weighted by molar-refractivity contribution is -0.113. The molecule has 0 bridgehead atoms. The highest BCUT2D eigenvalue weighted by Crippen LogP contribution is 2.29. The molecule has 2 N–H and O–H groups in total. The van der Waals surface area contributed by atoms with Crippen LogP contribution in [0.3, 0.4) is 0 Å². The van der Waals surface area contributed by atoms with Crippen molar-refractivity contribution in [1.29, 1.82) is 0 Å². The number of hydrogen-bond donors (Lipinski definition) is 2. The third-order valence-corrected chi connectivity index (χ3v) is 7.15. The van der Waals surface area contributed by atoms with Gasteiger partial charge in [0.1, 0.15) is 16.5 Å². The minimum absolute atomic E-state index is 0.0244. The monoisotopic (exact) mass is 475 g/mol. The number of nitrogens with one attached hydrogen (secondary N) is 2. The van der Waals surface area contributed by atoms with Gasteiger partial charge >= 0.3 is 0 Å². The lowest BCUT2D eigenvalue weighted by Gasteiger charge is -2.16. The summed E-state index contributed by atoms with van der Waals surface area (Å²) in [6.45, 7) is 2.69. The Morgan fingerprint density at radius 2 is 1.91 bits per heavy atom. The first-order valence-electron chi connectivity index (χ1n) is 9.80. The number of aromatic nitrogens is 2. The molecular formula is C21H25N5O4S2. The quantitative estimate of drug-likeness (QED) is 0.359. The molecule has 170 valence electrons. The van der Waals surface area contributed by atoms with E-state index >= 15 is 0 Å². The summed E-state index contributed by atoms with van der Waals surface area (Å²) >= 11 is 1.20. The van der Waals surface area contributed by atoms with Crippen LogP contribution < -0.4 is 15.4 Å². The summed E-state index contributed by atoms with van der Waals surface area (Å²) in [4.78, 5) is 21.5. The molecule has 2 aromatic carbocycles. The number of amides is 1. The first kappa shape index (κ1) is 23.8. The number of para-hydroxylation sites is 1. The Balaban J connectivity index is 1.76. The van der Waals surface area contributed by atoms with Gasteiger partial charge in [0.2, 0.25) is 15.9 Å². The maximum Gasteiger partial charge on any atom is 0.246 e. The van der Waals surface area contributed by atoms with Gasteiger partial charge in [0, 0.05) is 31.7 Å². The number of fused-ring (bicyclic) bond motifs is 1. The van der Waals surface area contributed by atoms with Crippen molar-refractivity contribution >= 4 is 50.1 Å². The van der Waals surface area contributed by atoms with E-state index in [1.54, 1.807) is 6.07 Å². The summed E-state index contributed by atoms with van der Waals surface area (Å²) in [7, 11) is 0.518. The van der Waals surface area contributed by atoms with Gasteiger partial charge in [-0.3, -0.25) is 4.79 Å². The Kier molecular flexibility index (Phi) is 7.54. The van der Waals surface area contributed by atoms with Gasteiger partial charge in [-0.1, -0.05) is 23.9 Å². The van der Waals surface area contributed by atoms with Crippen LogP contribution in [0.4, 0.5) is 11.5 Å². The third-order valence-electron chi connectivity index (χ3n) is 4.47. The lowest BCUT2D eigenvalue weighted by atomic mass is 10.2. The molecule has 1 aromatic heterocycles. The predicted octanol–water partition coefficient (Wildman–Crippen LogP) is 3.05. The number of hydrogen-bond acceptors (Lipinski definition) is 8. The minimum Gasteiger partial charge on any atom is -0.495 e. The normalized spacial score (nSPS) is 11.5. The van der Waals surface area contributed by atoms with Gasteiger partial charge in [0.05, 0.1) is 18.4 Å². The van der Waals surface area contributed by atoms with E-state index in [0.717, 1.165) is 21.0 Å². The Bertz CT molecular complexity index is 1230. The number of benzene rings is 2. The molecule has 0 radical (unpaired) electrons. The number of ether oxygens (including phenoxy) is 1. The van der Waals surface area contributed by atoms with Crippen LogP contribution in [-0.4, -0.2) is 62.1 Å². The first-order chi connectivity index (χ1) is 15.3. The fraction of sp³-hybridized carbons (Fsp3) is 0.286. The largest absolute Gasteiger partial charge is 0.495 e. The Labute approximate surface area is 191 Å². The SMILES string of the molecule is CCNc1nc(SCC(=O)Nc2ccc(OC)c(S(=O)(=O)N(C)C)c2)nc2ccccc12. The van der Waals surface area contributed by atoms with Crippen LogP contribution in [0.5, 0.6) is 5.75 Å². The van der Waals surface area contributed by atoms with Crippen molar-refractivity contribution < 1.29 is 17.9 Å². The summed E-state index contributed by atoms with van der Waals surface area (Å²) in [6.07, 6.45) is 0. The highest BCUT2D eigenvalue weighted by molar-refractivity contribution is 7.99. The fourth-order valence-corrected chi connectivity index (χ4v) is 4.63. The number of nitrogens with zero attached hydrogens (tertiary/aromatic N) is 3. The van der Waals surface area contributed by atoms with E-state index in [4.69, 9.17) is 4.74 Å². The van der Waals surface area contributed by atoms with E-state index in [0.29, 0.717) is 17.4 Å². The summed E-state index contributed by atoms with van der Waals surface area (Å²) in [5.41, 5.74) is 1.14. The molecule has 0 aliphatic carbocycles. The molecule has 3 rings (SSSR count). The van der Waals surface area contributed by atoms with Crippen LogP contribution in [0.15, 0.2) is 52.5 Å². The fourth-order valence-electron chi connectivity index (χ4n) is 2.90. The number of thioether (sulfide) groups is 1. The van der Waals surface area contributed by atoms with Crippen LogP contribution in [0.2, 0.25) is 0 Å². The maximum absolute atomic E-state index is 12.6. The molecule has 3 aromatic rings. The zero-order chi connectivity index (χ0) is 23.3. The maximum atomic E-state index is 12.6. The standard InChI is InChI=1S/C21H25N5O4S2/c1-5-22-20-15-8-6-7-9-16(15)24-21(25-20)31-13-19(27)23-14-10-11-17(30-4)18(12-14)32(28,29)26(2)3/h6-12H,5,13H2,1-4H3,(H,23,27)(H,22,24,25). The van der Waals surface area contributed by atoms with Gasteiger partial charge < -0.3 is 15.4 Å². The molecule has 0 saturated carbocycles. The zero-order valence-electron chi connectivity index (χ0n) is 18.2. The molecule has 32 heavy (non-hydrogen) atoms. The van der Waals surface area contributed by atoms with E-state index in [9.17, 15) is 13.2 Å². The summed E-state index contributed by atoms with van der Waals surface area (Å²) in [5.74, 6) is 0.669. The number of carbonyl (C=O) groups excluding carboxylic acids is 1. The second kappa shape index (κ2) is 10.2. The molecule has 0 unspecified atom stereocenters. The molecule has 0 fully saturated rings. The van der Waals surface area contributed by atoms with Gasteiger partial charge in [-0.25, -0.2) is 22.7 Å². The van der Waals surface area contributed by atoms with Crippen LogP contribution >= 0.6 is 11.8 Å². The first-order valence-corrected chi connectivity index (χ1v) is 12.2. The molecule has 1 heterocycles. The van der Waals surface area contributed by atoms with Crippen LogP contribution in [-0.2, 0) is 14.8 Å². The average Bonchev–Trinajstić information content (AvgIpc) is 2.77. The van der Waals surface area contributed by atoms with Crippen LogP contribution in [0.1, 0.15) is 6.92 Å². The van der Waals surface area contributed by atoms with Crippen molar-refractivity contribution in [1.82, 2.24) is 14.3 Å². The predicted molar refractivity (Wildman–Crippen MR) is 127 cm³/mol. The number of methoxy groups -OCH3 is 1. The lowest BCUT2D eigenvalue weighted by Crippen LogP contribution is -2.23. The molecule has 0 atom stereocenters. The molecule has 0 spiro atoms. The molecular weight excluding hydrogens is 450 g/mol. The molecule has 9 nitrogen and oxygen atoms in total. The van der Waals surface area contributed by atoms with Crippen LogP contribution in [0.25, 0.3) is 10.9 Å². The number of anilines is 2. The van der Waals surface area contributed by atoms with Gasteiger partial charge in [0.25, 0.3) is 0 Å². The molecule has 1 amide bonds. The molecule has 11 heteroatoms. The van der Waals surface area contributed by atoms with Gasteiger partial charge in [-0.15, -0.1) is 0 Å². The highest BCUT2D eigenvalue weighted by atomic mass is 32.2. The molecule has 0 aliphatic rings. The number of rotatable bonds is 9. The smallest absolute Gasteiger partial charge is 0.246 e. The van der Waals surface area contributed by atoms with E-state index in [-0.39, 0.29) is 22.3 Å². The number of carbonyl (C=O) groups is 1. The van der Waals surface area contributed by atoms with Crippen molar-refractivity contribution in [3.8, 4) is 5.75 Å².